The number of benzene rings is 2. The van der Waals surface area contributed by atoms with Gasteiger partial charge in [0.2, 0.25) is 0 Å². The summed E-state index contributed by atoms with van der Waals surface area (Å²) in [6, 6.07) is 12.1. The van der Waals surface area contributed by atoms with Crippen LogP contribution in [0.15, 0.2) is 42.5 Å². The maximum Gasteiger partial charge on any atom is 0.163 e. The minimum atomic E-state index is -0.827. The zero-order valence-electron chi connectivity index (χ0n) is 11.9. The van der Waals surface area contributed by atoms with Crippen LogP contribution in [0.1, 0.15) is 47.9 Å². The van der Waals surface area contributed by atoms with Gasteiger partial charge in [0.15, 0.2) is 11.6 Å². The first-order valence-electron chi connectivity index (χ1n) is 7.44. The Labute approximate surface area is 123 Å². The SMILES string of the molecule is NC(CC1CCCc2ccccc21)c1cccc(F)c1F. The monoisotopic (exact) mass is 287 g/mol. The lowest BCUT2D eigenvalue weighted by atomic mass is 9.79. The zero-order valence-corrected chi connectivity index (χ0v) is 11.9. The van der Waals surface area contributed by atoms with Crippen molar-refractivity contribution in [2.45, 2.75) is 37.6 Å². The van der Waals surface area contributed by atoms with E-state index in [-0.39, 0.29) is 5.56 Å². The molecule has 0 fully saturated rings. The van der Waals surface area contributed by atoms with Crippen molar-refractivity contribution < 1.29 is 8.78 Å². The molecule has 0 saturated heterocycles. The summed E-state index contributed by atoms with van der Waals surface area (Å²) in [7, 11) is 0. The first kappa shape index (κ1) is 14.2. The van der Waals surface area contributed by atoms with E-state index in [9.17, 15) is 8.78 Å². The van der Waals surface area contributed by atoms with E-state index in [0.29, 0.717) is 12.3 Å². The molecule has 0 heterocycles. The van der Waals surface area contributed by atoms with Gasteiger partial charge >= 0.3 is 0 Å². The molecule has 3 heteroatoms. The van der Waals surface area contributed by atoms with Gasteiger partial charge in [0.25, 0.3) is 0 Å². The van der Waals surface area contributed by atoms with E-state index in [1.165, 1.54) is 17.2 Å². The molecule has 2 aromatic rings. The van der Waals surface area contributed by atoms with Crippen molar-refractivity contribution in [2.75, 3.05) is 0 Å². The van der Waals surface area contributed by atoms with E-state index < -0.39 is 17.7 Å². The summed E-state index contributed by atoms with van der Waals surface area (Å²) in [6.07, 6.45) is 3.93. The minimum Gasteiger partial charge on any atom is -0.324 e. The van der Waals surface area contributed by atoms with E-state index >= 15 is 0 Å². The van der Waals surface area contributed by atoms with Crippen LogP contribution in [-0.4, -0.2) is 0 Å². The van der Waals surface area contributed by atoms with Gasteiger partial charge in [-0.1, -0.05) is 36.4 Å². The van der Waals surface area contributed by atoms with Crippen molar-refractivity contribution in [3.63, 3.8) is 0 Å². The van der Waals surface area contributed by atoms with Crippen LogP contribution in [0.4, 0.5) is 8.78 Å². The van der Waals surface area contributed by atoms with E-state index in [1.807, 2.05) is 12.1 Å². The predicted molar refractivity (Wildman–Crippen MR) is 80.0 cm³/mol. The molecule has 0 saturated carbocycles. The number of hydrogen-bond acceptors (Lipinski definition) is 1. The van der Waals surface area contributed by atoms with Crippen molar-refractivity contribution in [3.05, 3.63) is 70.8 Å². The Morgan fingerprint density at radius 3 is 2.76 bits per heavy atom. The van der Waals surface area contributed by atoms with Crippen molar-refractivity contribution in [2.24, 2.45) is 5.73 Å². The van der Waals surface area contributed by atoms with Gasteiger partial charge < -0.3 is 5.73 Å². The summed E-state index contributed by atoms with van der Waals surface area (Å²) in [6.45, 7) is 0. The molecule has 2 atom stereocenters. The molecule has 0 spiro atoms. The summed E-state index contributed by atoms with van der Waals surface area (Å²) in [5, 5.41) is 0. The summed E-state index contributed by atoms with van der Waals surface area (Å²) >= 11 is 0. The Balaban J connectivity index is 1.83. The molecule has 0 aromatic heterocycles. The van der Waals surface area contributed by atoms with Gasteiger partial charge in [-0.3, -0.25) is 0 Å². The summed E-state index contributed by atoms with van der Waals surface area (Å²) in [5.74, 6) is -1.31. The smallest absolute Gasteiger partial charge is 0.163 e. The second kappa shape index (κ2) is 5.94. The van der Waals surface area contributed by atoms with Crippen molar-refractivity contribution in [1.29, 1.82) is 0 Å². The topological polar surface area (TPSA) is 26.0 Å². The minimum absolute atomic E-state index is 0.276. The Morgan fingerprint density at radius 2 is 1.90 bits per heavy atom. The number of aryl methyl sites for hydroxylation is 1. The molecule has 0 radical (unpaired) electrons. The van der Waals surface area contributed by atoms with Gasteiger partial charge in [-0.25, -0.2) is 8.78 Å². The molecular weight excluding hydrogens is 268 g/mol. The molecule has 0 aliphatic heterocycles. The van der Waals surface area contributed by atoms with Crippen molar-refractivity contribution in [1.82, 2.24) is 0 Å². The summed E-state index contributed by atoms with van der Waals surface area (Å²) in [4.78, 5) is 0. The molecule has 1 aliphatic carbocycles. The number of fused-ring (bicyclic) bond motifs is 1. The van der Waals surface area contributed by atoms with Gasteiger partial charge in [-0.2, -0.15) is 0 Å². The highest BCUT2D eigenvalue weighted by atomic mass is 19.2. The fourth-order valence-electron chi connectivity index (χ4n) is 3.34. The third kappa shape index (κ3) is 2.84. The van der Waals surface area contributed by atoms with Gasteiger partial charge in [-0.05, 0) is 48.8 Å². The zero-order chi connectivity index (χ0) is 14.8. The van der Waals surface area contributed by atoms with E-state index in [2.05, 4.69) is 12.1 Å². The lowest BCUT2D eigenvalue weighted by Gasteiger charge is -2.28. The molecule has 2 unspecified atom stereocenters. The number of nitrogens with two attached hydrogens (primary N) is 1. The van der Waals surface area contributed by atoms with Crippen LogP contribution < -0.4 is 5.73 Å². The first-order chi connectivity index (χ1) is 10.2. The van der Waals surface area contributed by atoms with E-state index in [0.717, 1.165) is 25.3 Å². The fraction of sp³-hybridized carbons (Fsp3) is 0.333. The maximum absolute atomic E-state index is 13.8. The number of hydrogen-bond donors (Lipinski definition) is 1. The van der Waals surface area contributed by atoms with Gasteiger partial charge in [-0.15, -0.1) is 0 Å². The van der Waals surface area contributed by atoms with Crippen molar-refractivity contribution >= 4 is 0 Å². The largest absolute Gasteiger partial charge is 0.324 e. The highest BCUT2D eigenvalue weighted by Gasteiger charge is 2.24. The van der Waals surface area contributed by atoms with Crippen LogP contribution in [0.5, 0.6) is 0 Å². The Hall–Kier alpha value is -1.74. The molecule has 2 N–H and O–H groups in total. The predicted octanol–water partition coefficient (Wildman–Crippen LogP) is 4.47. The van der Waals surface area contributed by atoms with Gasteiger partial charge in [0.1, 0.15) is 0 Å². The lowest BCUT2D eigenvalue weighted by molar-refractivity contribution is 0.448. The van der Waals surface area contributed by atoms with Crippen LogP contribution in [0.25, 0.3) is 0 Å². The average molecular weight is 287 g/mol. The first-order valence-corrected chi connectivity index (χ1v) is 7.44. The molecule has 2 aromatic carbocycles. The quantitative estimate of drug-likeness (QED) is 0.885. The normalized spacial score (nSPS) is 19.1. The van der Waals surface area contributed by atoms with E-state index in [4.69, 9.17) is 5.73 Å². The fourth-order valence-corrected chi connectivity index (χ4v) is 3.34. The molecular formula is C18H19F2N. The molecule has 1 nitrogen and oxygen atoms in total. The van der Waals surface area contributed by atoms with Gasteiger partial charge in [0, 0.05) is 11.6 Å². The molecule has 110 valence electrons. The average Bonchev–Trinajstić information content (AvgIpc) is 2.50. The van der Waals surface area contributed by atoms with Crippen LogP contribution in [0.3, 0.4) is 0 Å². The van der Waals surface area contributed by atoms with Gasteiger partial charge in [0.05, 0.1) is 0 Å². The second-order valence-electron chi connectivity index (χ2n) is 5.77. The Morgan fingerprint density at radius 1 is 1.10 bits per heavy atom. The third-order valence-corrected chi connectivity index (χ3v) is 4.41. The number of rotatable bonds is 3. The summed E-state index contributed by atoms with van der Waals surface area (Å²) < 4.78 is 27.2. The molecule has 0 bridgehead atoms. The van der Waals surface area contributed by atoms with Crippen LogP contribution in [0.2, 0.25) is 0 Å². The Kier molecular flexibility index (Phi) is 4.02. The summed E-state index contributed by atoms with van der Waals surface area (Å²) in [5.41, 5.74) is 9.10. The lowest BCUT2D eigenvalue weighted by Crippen LogP contribution is -2.19. The molecule has 3 rings (SSSR count). The highest BCUT2D eigenvalue weighted by Crippen LogP contribution is 2.37. The standard InChI is InChI=1S/C18H19F2N/c19-16-10-4-9-15(18(16)20)17(21)11-13-7-3-6-12-5-1-2-8-14(12)13/h1-2,4-5,8-10,13,17H,3,6-7,11,21H2. The Bertz CT molecular complexity index is 639. The molecule has 1 aliphatic rings. The maximum atomic E-state index is 13.8. The highest BCUT2D eigenvalue weighted by molar-refractivity contribution is 5.33. The second-order valence-corrected chi connectivity index (χ2v) is 5.77. The van der Waals surface area contributed by atoms with E-state index in [1.54, 1.807) is 6.07 Å². The van der Waals surface area contributed by atoms with Crippen molar-refractivity contribution in [3.8, 4) is 0 Å². The number of halogens is 2. The van der Waals surface area contributed by atoms with Crippen LogP contribution >= 0.6 is 0 Å². The van der Waals surface area contributed by atoms with Crippen LogP contribution in [-0.2, 0) is 6.42 Å². The third-order valence-electron chi connectivity index (χ3n) is 4.41. The van der Waals surface area contributed by atoms with Crippen LogP contribution in [0, 0.1) is 11.6 Å². The molecule has 21 heavy (non-hydrogen) atoms. The molecule has 0 amide bonds.